The molecule has 4 aromatic rings. The fraction of sp³-hybridized carbons (Fsp3) is 0.441. The summed E-state index contributed by atoms with van der Waals surface area (Å²) in [5.74, 6) is 1.05. The monoisotopic (exact) mass is 583 g/mol. The van der Waals surface area contributed by atoms with E-state index in [-0.39, 0.29) is 23.8 Å². The van der Waals surface area contributed by atoms with E-state index >= 15 is 0 Å². The number of benzene rings is 2. The number of unbranched alkanes of at least 4 members (excludes halogenated alkanes) is 1. The van der Waals surface area contributed by atoms with Crippen LogP contribution in [0, 0.1) is 5.92 Å². The number of piperidine rings is 1. The van der Waals surface area contributed by atoms with Crippen molar-refractivity contribution in [1.29, 1.82) is 0 Å². The predicted molar refractivity (Wildman–Crippen MR) is 167 cm³/mol. The Morgan fingerprint density at radius 2 is 1.84 bits per heavy atom. The van der Waals surface area contributed by atoms with Gasteiger partial charge in [0, 0.05) is 30.6 Å². The van der Waals surface area contributed by atoms with Crippen LogP contribution in [0.4, 0.5) is 0 Å². The van der Waals surface area contributed by atoms with Gasteiger partial charge in [-0.1, -0.05) is 87.8 Å². The maximum Gasteiger partial charge on any atom is 0.439 e. The number of carbonyl (C=O) groups is 1. The summed E-state index contributed by atoms with van der Waals surface area (Å²) in [4.78, 5) is 48.7. The zero-order chi connectivity index (χ0) is 30.5. The third-order valence-electron chi connectivity index (χ3n) is 8.24. The molecule has 0 radical (unpaired) electrons. The number of likely N-dealkylation sites (tertiary alicyclic amines) is 1. The average Bonchev–Trinajstić information content (AvgIpc) is 3.44. The van der Waals surface area contributed by atoms with Gasteiger partial charge in [0.2, 0.25) is 5.91 Å². The topological polar surface area (TPSA) is 114 Å². The largest absolute Gasteiger partial charge is 0.439 e. The van der Waals surface area contributed by atoms with Crippen LogP contribution in [0.3, 0.4) is 0 Å². The van der Waals surface area contributed by atoms with E-state index in [2.05, 4.69) is 24.0 Å². The number of aromatic nitrogens is 4. The van der Waals surface area contributed by atoms with Gasteiger partial charge in [0.05, 0.1) is 18.7 Å². The van der Waals surface area contributed by atoms with Crippen LogP contribution >= 0.6 is 0 Å². The molecule has 3 heterocycles. The van der Waals surface area contributed by atoms with E-state index < -0.39 is 5.76 Å². The van der Waals surface area contributed by atoms with E-state index in [0.717, 1.165) is 72.5 Å². The number of nitrogens with one attached hydrogen (secondary N) is 1. The first-order chi connectivity index (χ1) is 20.7. The first-order valence-electron chi connectivity index (χ1n) is 15.4. The maximum atomic E-state index is 14.2. The zero-order valence-corrected chi connectivity index (χ0v) is 25.6. The number of aryl methyl sites for hydroxylation is 1. The molecule has 1 fully saturated rings. The molecule has 1 amide bonds. The fourth-order valence-corrected chi connectivity index (χ4v) is 5.93. The van der Waals surface area contributed by atoms with Crippen molar-refractivity contribution in [2.75, 3.05) is 13.1 Å². The molecule has 0 aliphatic carbocycles. The Morgan fingerprint density at radius 3 is 2.49 bits per heavy atom. The van der Waals surface area contributed by atoms with Crippen molar-refractivity contribution in [3.63, 3.8) is 0 Å². The SMILES string of the molecule is CCCCc1nc(C(C)C)c(CC(=O)N2CCCC(C)C2)c(=O)n1Cc1ccc(-c2ccccc2-c2noc(=O)[nH]2)cc1. The Kier molecular flexibility index (Phi) is 9.38. The van der Waals surface area contributed by atoms with Crippen molar-refractivity contribution >= 4 is 5.91 Å². The smallest absolute Gasteiger partial charge is 0.342 e. The van der Waals surface area contributed by atoms with E-state index in [1.807, 2.05) is 67.3 Å². The molecule has 1 aliphatic heterocycles. The van der Waals surface area contributed by atoms with E-state index in [4.69, 9.17) is 9.51 Å². The molecule has 5 rings (SSSR count). The summed E-state index contributed by atoms with van der Waals surface area (Å²) >= 11 is 0. The van der Waals surface area contributed by atoms with E-state index in [0.29, 0.717) is 30.3 Å². The van der Waals surface area contributed by atoms with Gasteiger partial charge in [-0.05, 0) is 47.8 Å². The van der Waals surface area contributed by atoms with Gasteiger partial charge in [0.25, 0.3) is 5.56 Å². The number of hydrogen-bond donors (Lipinski definition) is 1. The van der Waals surface area contributed by atoms with Gasteiger partial charge in [-0.2, -0.15) is 0 Å². The van der Waals surface area contributed by atoms with Gasteiger partial charge in [-0.15, -0.1) is 0 Å². The number of rotatable bonds is 10. The average molecular weight is 584 g/mol. The summed E-state index contributed by atoms with van der Waals surface area (Å²) in [7, 11) is 0. The zero-order valence-electron chi connectivity index (χ0n) is 25.6. The summed E-state index contributed by atoms with van der Waals surface area (Å²) in [5, 5.41) is 3.86. The highest BCUT2D eigenvalue weighted by Gasteiger charge is 2.26. The molecule has 0 bridgehead atoms. The van der Waals surface area contributed by atoms with Crippen LogP contribution < -0.4 is 11.3 Å². The van der Waals surface area contributed by atoms with Crippen LogP contribution in [0.2, 0.25) is 0 Å². The third-order valence-corrected chi connectivity index (χ3v) is 8.24. The quantitative estimate of drug-likeness (QED) is 0.261. The molecule has 9 heteroatoms. The van der Waals surface area contributed by atoms with Crippen molar-refractivity contribution < 1.29 is 9.32 Å². The van der Waals surface area contributed by atoms with Crippen molar-refractivity contribution in [2.45, 2.75) is 78.7 Å². The highest BCUT2D eigenvalue weighted by molar-refractivity contribution is 5.80. The molecule has 0 saturated carbocycles. The number of nitrogens with zero attached hydrogens (tertiary/aromatic N) is 4. The summed E-state index contributed by atoms with van der Waals surface area (Å²) in [6, 6.07) is 15.7. The molecule has 9 nitrogen and oxygen atoms in total. The lowest BCUT2D eigenvalue weighted by molar-refractivity contribution is -0.132. The molecule has 1 saturated heterocycles. The molecule has 1 atom stereocenters. The van der Waals surface area contributed by atoms with Crippen LogP contribution in [0.1, 0.15) is 81.9 Å². The van der Waals surface area contributed by atoms with Gasteiger partial charge in [-0.3, -0.25) is 23.7 Å². The lowest BCUT2D eigenvalue weighted by atomic mass is 9.97. The third kappa shape index (κ3) is 6.87. The lowest BCUT2D eigenvalue weighted by Crippen LogP contribution is -2.41. The molecule has 1 N–H and O–H groups in total. The minimum Gasteiger partial charge on any atom is -0.342 e. The van der Waals surface area contributed by atoms with Gasteiger partial charge in [0.15, 0.2) is 5.82 Å². The van der Waals surface area contributed by atoms with Gasteiger partial charge in [0.1, 0.15) is 5.82 Å². The Bertz CT molecular complexity index is 1680. The molecular formula is C34H41N5O4. The second-order valence-corrected chi connectivity index (χ2v) is 12.0. The standard InChI is InChI=1S/C34H41N5O4/c1-5-6-13-29-35-31(22(2)3)28(19-30(40)38-18-9-10-23(4)20-38)33(41)39(29)21-24-14-16-25(17-15-24)26-11-7-8-12-27(26)32-36-34(42)43-37-32/h7-8,11-12,14-17,22-23H,5-6,9-10,13,18-21H2,1-4H3,(H,36,37,42). The second kappa shape index (κ2) is 13.4. The predicted octanol–water partition coefficient (Wildman–Crippen LogP) is 5.57. The molecule has 226 valence electrons. The minimum atomic E-state index is -0.604. The van der Waals surface area contributed by atoms with E-state index in [1.165, 1.54) is 0 Å². The summed E-state index contributed by atoms with van der Waals surface area (Å²) in [5.41, 5.74) is 4.69. The molecule has 1 unspecified atom stereocenters. The number of H-pyrrole nitrogens is 1. The number of amides is 1. The van der Waals surface area contributed by atoms with Crippen molar-refractivity contribution in [1.82, 2.24) is 24.6 Å². The maximum absolute atomic E-state index is 14.2. The van der Waals surface area contributed by atoms with Crippen LogP contribution in [0.5, 0.6) is 0 Å². The Morgan fingerprint density at radius 1 is 1.09 bits per heavy atom. The van der Waals surface area contributed by atoms with Gasteiger partial charge in [-0.25, -0.2) is 9.78 Å². The van der Waals surface area contributed by atoms with Crippen LogP contribution in [0.15, 0.2) is 62.6 Å². The highest BCUT2D eigenvalue weighted by Crippen LogP contribution is 2.30. The second-order valence-electron chi connectivity index (χ2n) is 12.0. The van der Waals surface area contributed by atoms with Crippen molar-refractivity contribution in [3.05, 3.63) is 92.1 Å². The molecule has 0 spiro atoms. The first-order valence-corrected chi connectivity index (χ1v) is 15.4. The summed E-state index contributed by atoms with van der Waals surface area (Å²) in [6.07, 6.45) is 4.83. The normalized spacial score (nSPS) is 15.3. The van der Waals surface area contributed by atoms with Gasteiger partial charge < -0.3 is 4.90 Å². The summed E-state index contributed by atoms with van der Waals surface area (Å²) in [6.45, 7) is 10.2. The molecule has 43 heavy (non-hydrogen) atoms. The highest BCUT2D eigenvalue weighted by atomic mass is 16.5. The van der Waals surface area contributed by atoms with Crippen molar-refractivity contribution in [2.24, 2.45) is 5.92 Å². The minimum absolute atomic E-state index is 0.0108. The van der Waals surface area contributed by atoms with Crippen LogP contribution in [0.25, 0.3) is 22.5 Å². The number of hydrogen-bond acceptors (Lipinski definition) is 6. The molecule has 2 aromatic carbocycles. The Hall–Kier alpha value is -4.27. The number of aromatic amines is 1. The number of carbonyl (C=O) groups excluding carboxylic acids is 1. The summed E-state index contributed by atoms with van der Waals surface area (Å²) < 4.78 is 6.49. The Balaban J connectivity index is 1.48. The van der Waals surface area contributed by atoms with Crippen LogP contribution in [-0.4, -0.2) is 43.6 Å². The van der Waals surface area contributed by atoms with Gasteiger partial charge >= 0.3 is 5.76 Å². The first kappa shape index (κ1) is 30.2. The molecule has 2 aromatic heterocycles. The van der Waals surface area contributed by atoms with Crippen molar-refractivity contribution in [3.8, 4) is 22.5 Å². The van der Waals surface area contributed by atoms with E-state index in [1.54, 1.807) is 4.57 Å². The fourth-order valence-electron chi connectivity index (χ4n) is 5.93. The van der Waals surface area contributed by atoms with E-state index in [9.17, 15) is 14.4 Å². The Labute approximate surface area is 252 Å². The van der Waals surface area contributed by atoms with Crippen LogP contribution in [-0.2, 0) is 24.2 Å². The lowest BCUT2D eigenvalue weighted by Gasteiger charge is -2.31. The molecular weight excluding hydrogens is 542 g/mol. The molecule has 1 aliphatic rings.